The smallest absolute Gasteiger partial charge is 0.182 e. The van der Waals surface area contributed by atoms with E-state index in [-0.39, 0.29) is 0 Å². The van der Waals surface area contributed by atoms with Gasteiger partial charge in [-0.05, 0) is 24.7 Å². The molecule has 90 valence electrons. The number of hydrogen-bond donors (Lipinski definition) is 2. The van der Waals surface area contributed by atoms with Gasteiger partial charge in [0, 0.05) is 6.54 Å². The second kappa shape index (κ2) is 3.98. The molecule has 5 nitrogen and oxygen atoms in total. The monoisotopic (exact) mass is 231 g/mol. The van der Waals surface area contributed by atoms with Crippen molar-refractivity contribution in [2.45, 2.75) is 32.6 Å². The van der Waals surface area contributed by atoms with E-state index in [1.165, 1.54) is 25.7 Å². The molecule has 0 aliphatic heterocycles. The van der Waals surface area contributed by atoms with Crippen LogP contribution in [-0.4, -0.2) is 26.5 Å². The highest BCUT2D eigenvalue weighted by Gasteiger charge is 2.41. The van der Waals surface area contributed by atoms with E-state index in [9.17, 15) is 0 Å². The van der Waals surface area contributed by atoms with Gasteiger partial charge in [-0.1, -0.05) is 13.3 Å². The normalized spacial score (nSPS) is 17.2. The number of aromatic nitrogens is 4. The van der Waals surface area contributed by atoms with Crippen LogP contribution in [0.15, 0.2) is 12.7 Å². The summed E-state index contributed by atoms with van der Waals surface area (Å²) in [6.45, 7) is 3.25. The summed E-state index contributed by atoms with van der Waals surface area (Å²) in [5.41, 5.74) is 2.15. The molecule has 0 radical (unpaired) electrons. The number of fused-ring (bicyclic) bond motifs is 1. The summed E-state index contributed by atoms with van der Waals surface area (Å²) in [6.07, 6.45) is 8.45. The second-order valence-electron chi connectivity index (χ2n) is 4.93. The average Bonchev–Trinajstić information content (AvgIpc) is 2.92. The quantitative estimate of drug-likeness (QED) is 0.829. The lowest BCUT2D eigenvalue weighted by Gasteiger charge is -2.15. The van der Waals surface area contributed by atoms with Crippen LogP contribution in [0.2, 0.25) is 0 Å². The molecule has 0 aromatic carbocycles. The fourth-order valence-electron chi connectivity index (χ4n) is 2.39. The van der Waals surface area contributed by atoms with Crippen LogP contribution in [0, 0.1) is 5.41 Å². The van der Waals surface area contributed by atoms with Gasteiger partial charge in [0.1, 0.15) is 11.8 Å². The standard InChI is InChI=1S/C12H17N5/c1-2-3-12(4-5-12)6-13-10-9-11(15-7-14-9)17-8-16-10/h7-8H,2-6H2,1H3,(H2,13,14,15,16,17). The maximum absolute atomic E-state index is 4.28. The molecule has 0 spiro atoms. The first-order valence-corrected chi connectivity index (χ1v) is 6.21. The van der Waals surface area contributed by atoms with Crippen molar-refractivity contribution in [1.29, 1.82) is 0 Å². The molecule has 5 heteroatoms. The van der Waals surface area contributed by atoms with E-state index in [1.54, 1.807) is 12.7 Å². The fourth-order valence-corrected chi connectivity index (χ4v) is 2.39. The zero-order valence-corrected chi connectivity index (χ0v) is 10.0. The summed E-state index contributed by atoms with van der Waals surface area (Å²) in [5.74, 6) is 0.870. The number of H-pyrrole nitrogens is 1. The molecule has 0 unspecified atom stereocenters. The largest absolute Gasteiger partial charge is 0.368 e. The molecule has 0 atom stereocenters. The zero-order chi connectivity index (χ0) is 11.7. The summed E-state index contributed by atoms with van der Waals surface area (Å²) in [4.78, 5) is 15.6. The van der Waals surface area contributed by atoms with Gasteiger partial charge in [0.15, 0.2) is 11.5 Å². The van der Waals surface area contributed by atoms with E-state index in [0.29, 0.717) is 5.41 Å². The van der Waals surface area contributed by atoms with Crippen LogP contribution in [0.4, 0.5) is 5.82 Å². The van der Waals surface area contributed by atoms with Gasteiger partial charge < -0.3 is 10.3 Å². The molecule has 0 amide bonds. The summed E-state index contributed by atoms with van der Waals surface area (Å²) in [5, 5.41) is 3.44. The van der Waals surface area contributed by atoms with Gasteiger partial charge in [0.2, 0.25) is 0 Å². The molecule has 1 saturated carbocycles. The Hall–Kier alpha value is -1.65. The fraction of sp³-hybridized carbons (Fsp3) is 0.583. The number of anilines is 1. The van der Waals surface area contributed by atoms with Crippen molar-refractivity contribution < 1.29 is 0 Å². The average molecular weight is 231 g/mol. The van der Waals surface area contributed by atoms with Gasteiger partial charge in [-0.15, -0.1) is 0 Å². The molecule has 2 aromatic rings. The first kappa shape index (κ1) is 10.5. The minimum atomic E-state index is 0.520. The van der Waals surface area contributed by atoms with Crippen molar-refractivity contribution in [3.8, 4) is 0 Å². The molecule has 17 heavy (non-hydrogen) atoms. The van der Waals surface area contributed by atoms with Gasteiger partial charge in [-0.2, -0.15) is 0 Å². The SMILES string of the molecule is CCCC1(CNc2ncnc3nc[nH]c23)CC1. The third kappa shape index (κ3) is 1.97. The van der Waals surface area contributed by atoms with Crippen molar-refractivity contribution in [3.05, 3.63) is 12.7 Å². The first-order valence-electron chi connectivity index (χ1n) is 6.21. The highest BCUT2D eigenvalue weighted by atomic mass is 15.1. The lowest BCUT2D eigenvalue weighted by Crippen LogP contribution is -2.16. The van der Waals surface area contributed by atoms with Crippen LogP contribution < -0.4 is 5.32 Å². The highest BCUT2D eigenvalue weighted by molar-refractivity contribution is 5.81. The van der Waals surface area contributed by atoms with E-state index in [0.717, 1.165) is 23.5 Å². The molecule has 1 fully saturated rings. The van der Waals surface area contributed by atoms with E-state index >= 15 is 0 Å². The summed E-state index contributed by atoms with van der Waals surface area (Å²) in [6, 6.07) is 0. The van der Waals surface area contributed by atoms with Gasteiger partial charge in [-0.25, -0.2) is 15.0 Å². The van der Waals surface area contributed by atoms with Crippen molar-refractivity contribution >= 4 is 17.0 Å². The number of hydrogen-bond acceptors (Lipinski definition) is 4. The van der Waals surface area contributed by atoms with Crippen LogP contribution in [0.5, 0.6) is 0 Å². The van der Waals surface area contributed by atoms with Crippen LogP contribution in [-0.2, 0) is 0 Å². The van der Waals surface area contributed by atoms with Gasteiger partial charge >= 0.3 is 0 Å². The van der Waals surface area contributed by atoms with Crippen molar-refractivity contribution in [1.82, 2.24) is 19.9 Å². The number of nitrogens with zero attached hydrogens (tertiary/aromatic N) is 3. The zero-order valence-electron chi connectivity index (χ0n) is 10.0. The van der Waals surface area contributed by atoms with E-state index < -0.39 is 0 Å². The number of nitrogens with one attached hydrogen (secondary N) is 2. The van der Waals surface area contributed by atoms with Crippen molar-refractivity contribution in [2.75, 3.05) is 11.9 Å². The minimum absolute atomic E-state index is 0.520. The molecule has 2 aromatic heterocycles. The topological polar surface area (TPSA) is 66.5 Å². The predicted octanol–water partition coefficient (Wildman–Crippen LogP) is 2.35. The van der Waals surface area contributed by atoms with Crippen molar-refractivity contribution in [2.24, 2.45) is 5.41 Å². The summed E-state index contributed by atoms with van der Waals surface area (Å²) in [7, 11) is 0. The first-order chi connectivity index (χ1) is 8.33. The van der Waals surface area contributed by atoms with Gasteiger partial charge in [0.05, 0.1) is 6.33 Å². The molecule has 0 bridgehead atoms. The lowest BCUT2D eigenvalue weighted by atomic mass is 10.0. The Morgan fingerprint density at radius 3 is 3.00 bits per heavy atom. The Kier molecular flexibility index (Phi) is 2.46. The van der Waals surface area contributed by atoms with Crippen LogP contribution >= 0.6 is 0 Å². The molecule has 0 saturated heterocycles. The lowest BCUT2D eigenvalue weighted by molar-refractivity contribution is 0.485. The Balaban J connectivity index is 1.75. The number of rotatable bonds is 5. The van der Waals surface area contributed by atoms with Gasteiger partial charge in [-0.3, -0.25) is 0 Å². The maximum atomic E-state index is 4.28. The molecule has 1 aliphatic rings. The third-order valence-corrected chi connectivity index (χ3v) is 3.59. The molecule has 1 aliphatic carbocycles. The summed E-state index contributed by atoms with van der Waals surface area (Å²) < 4.78 is 0. The Morgan fingerprint density at radius 1 is 1.35 bits per heavy atom. The molecule has 3 rings (SSSR count). The van der Waals surface area contributed by atoms with E-state index in [4.69, 9.17) is 0 Å². The van der Waals surface area contributed by atoms with E-state index in [2.05, 4.69) is 32.2 Å². The minimum Gasteiger partial charge on any atom is -0.368 e. The Morgan fingerprint density at radius 2 is 2.24 bits per heavy atom. The van der Waals surface area contributed by atoms with Crippen LogP contribution in [0.25, 0.3) is 11.2 Å². The Labute approximate surface area is 100 Å². The third-order valence-electron chi connectivity index (χ3n) is 3.59. The molecule has 2 N–H and O–H groups in total. The number of imidazole rings is 1. The van der Waals surface area contributed by atoms with Gasteiger partial charge in [0.25, 0.3) is 0 Å². The van der Waals surface area contributed by atoms with E-state index in [1.807, 2.05) is 0 Å². The van der Waals surface area contributed by atoms with Crippen LogP contribution in [0.3, 0.4) is 0 Å². The molecule has 2 heterocycles. The molecular formula is C12H17N5. The summed E-state index contributed by atoms with van der Waals surface area (Å²) >= 11 is 0. The number of aromatic amines is 1. The second-order valence-corrected chi connectivity index (χ2v) is 4.93. The Bertz CT molecular complexity index is 514. The predicted molar refractivity (Wildman–Crippen MR) is 66.7 cm³/mol. The van der Waals surface area contributed by atoms with Crippen LogP contribution in [0.1, 0.15) is 32.6 Å². The maximum Gasteiger partial charge on any atom is 0.182 e. The highest BCUT2D eigenvalue weighted by Crippen LogP contribution is 2.49. The molecular weight excluding hydrogens is 214 g/mol. The van der Waals surface area contributed by atoms with Crippen molar-refractivity contribution in [3.63, 3.8) is 0 Å².